The van der Waals surface area contributed by atoms with Gasteiger partial charge in [0.05, 0.1) is 0 Å². The zero-order valence-electron chi connectivity index (χ0n) is 13.3. The molecule has 0 saturated carbocycles. The maximum absolute atomic E-state index is 12.5. The normalized spacial score (nSPS) is 28.8. The Hall–Kier alpha value is -0.220. The van der Waals surface area contributed by atoms with Crippen molar-refractivity contribution in [2.24, 2.45) is 11.8 Å². The summed E-state index contributed by atoms with van der Waals surface area (Å²) in [6.07, 6.45) is 4.39. The van der Waals surface area contributed by atoms with Crippen LogP contribution in [0, 0.1) is 11.8 Å². The standard InChI is InChI=1S/C16H30N2OS/c1-13(14-5-4-7-17-12-14)11-15(19)18-8-6-16(2,3)20-10-9-18/h13-14,17H,4-12H2,1-3H3. The zero-order valence-corrected chi connectivity index (χ0v) is 14.1. The van der Waals surface area contributed by atoms with E-state index in [1.54, 1.807) is 0 Å². The van der Waals surface area contributed by atoms with Crippen molar-refractivity contribution >= 4 is 17.7 Å². The molecule has 0 aliphatic carbocycles. The van der Waals surface area contributed by atoms with Gasteiger partial charge in [0, 0.05) is 30.0 Å². The number of piperidine rings is 1. The molecule has 0 aromatic heterocycles. The van der Waals surface area contributed by atoms with Crippen LogP contribution in [0.2, 0.25) is 0 Å². The molecule has 2 atom stereocenters. The van der Waals surface area contributed by atoms with Crippen LogP contribution in [-0.4, -0.2) is 47.5 Å². The monoisotopic (exact) mass is 298 g/mol. The minimum atomic E-state index is 0.327. The van der Waals surface area contributed by atoms with Gasteiger partial charge in [-0.1, -0.05) is 20.8 Å². The zero-order chi connectivity index (χ0) is 14.6. The first kappa shape index (κ1) is 16.2. The first-order valence-corrected chi connectivity index (χ1v) is 9.09. The van der Waals surface area contributed by atoms with E-state index in [0.29, 0.717) is 22.5 Å². The summed E-state index contributed by atoms with van der Waals surface area (Å²) in [5, 5.41) is 3.46. The van der Waals surface area contributed by atoms with Crippen molar-refractivity contribution < 1.29 is 4.79 Å². The van der Waals surface area contributed by atoms with E-state index in [1.165, 1.54) is 12.8 Å². The molecule has 0 aromatic rings. The van der Waals surface area contributed by atoms with Gasteiger partial charge in [0.1, 0.15) is 0 Å². The Morgan fingerprint density at radius 2 is 2.25 bits per heavy atom. The summed E-state index contributed by atoms with van der Waals surface area (Å²) in [6, 6.07) is 0. The molecule has 2 aliphatic rings. The van der Waals surface area contributed by atoms with E-state index < -0.39 is 0 Å². The number of carbonyl (C=O) groups excluding carboxylic acids is 1. The van der Waals surface area contributed by atoms with Crippen LogP contribution in [0.25, 0.3) is 0 Å². The molecular weight excluding hydrogens is 268 g/mol. The fourth-order valence-corrected chi connectivity index (χ4v) is 4.31. The summed E-state index contributed by atoms with van der Waals surface area (Å²) in [5.41, 5.74) is 0. The molecule has 2 rings (SSSR count). The second-order valence-corrected chi connectivity index (χ2v) is 8.83. The van der Waals surface area contributed by atoms with Gasteiger partial charge in [0.25, 0.3) is 0 Å². The molecule has 1 N–H and O–H groups in total. The average Bonchev–Trinajstić information content (AvgIpc) is 2.60. The first-order chi connectivity index (χ1) is 9.48. The van der Waals surface area contributed by atoms with Crippen LogP contribution >= 0.6 is 11.8 Å². The maximum atomic E-state index is 12.5. The van der Waals surface area contributed by atoms with E-state index in [2.05, 4.69) is 31.0 Å². The molecule has 0 bridgehead atoms. The molecule has 116 valence electrons. The largest absolute Gasteiger partial charge is 0.342 e. The number of nitrogens with zero attached hydrogens (tertiary/aromatic N) is 1. The third kappa shape index (κ3) is 4.66. The van der Waals surface area contributed by atoms with Crippen LogP contribution < -0.4 is 5.32 Å². The number of thioether (sulfide) groups is 1. The summed E-state index contributed by atoms with van der Waals surface area (Å²) >= 11 is 2.01. The fraction of sp³-hybridized carbons (Fsp3) is 0.938. The van der Waals surface area contributed by atoms with Crippen molar-refractivity contribution in [2.75, 3.05) is 31.9 Å². The van der Waals surface area contributed by atoms with Crippen LogP contribution in [0.4, 0.5) is 0 Å². The lowest BCUT2D eigenvalue weighted by atomic mass is 9.85. The van der Waals surface area contributed by atoms with Crippen molar-refractivity contribution in [3.05, 3.63) is 0 Å². The number of hydrogen-bond acceptors (Lipinski definition) is 3. The quantitative estimate of drug-likeness (QED) is 0.869. The third-order valence-corrected chi connectivity index (χ3v) is 6.20. The summed E-state index contributed by atoms with van der Waals surface area (Å²) in [6.45, 7) is 11.0. The van der Waals surface area contributed by atoms with E-state index in [4.69, 9.17) is 0 Å². The second-order valence-electron chi connectivity index (χ2n) is 7.03. The van der Waals surface area contributed by atoms with Crippen molar-refractivity contribution in [1.29, 1.82) is 0 Å². The molecule has 20 heavy (non-hydrogen) atoms. The molecule has 2 heterocycles. The number of carbonyl (C=O) groups is 1. The Labute approximate surface area is 128 Å². The Bertz CT molecular complexity index is 326. The van der Waals surface area contributed by atoms with Crippen molar-refractivity contribution in [2.45, 2.75) is 51.2 Å². The maximum Gasteiger partial charge on any atom is 0.222 e. The van der Waals surface area contributed by atoms with E-state index in [9.17, 15) is 4.79 Å². The molecule has 2 unspecified atom stereocenters. The molecule has 2 aliphatic heterocycles. The molecule has 2 fully saturated rings. The highest BCUT2D eigenvalue weighted by Gasteiger charge is 2.28. The minimum absolute atomic E-state index is 0.327. The van der Waals surface area contributed by atoms with Gasteiger partial charge in [0.15, 0.2) is 0 Å². The van der Waals surface area contributed by atoms with Crippen molar-refractivity contribution in [3.8, 4) is 0 Å². The molecule has 4 heteroatoms. The first-order valence-electron chi connectivity index (χ1n) is 8.10. The molecule has 0 spiro atoms. The number of nitrogens with one attached hydrogen (secondary N) is 1. The highest BCUT2D eigenvalue weighted by molar-refractivity contribution is 8.00. The highest BCUT2D eigenvalue weighted by Crippen LogP contribution is 2.31. The summed E-state index contributed by atoms with van der Waals surface area (Å²) in [7, 11) is 0. The van der Waals surface area contributed by atoms with Crippen LogP contribution in [0.15, 0.2) is 0 Å². The SMILES string of the molecule is CC(CC(=O)N1CCSC(C)(C)CC1)C1CCCNC1. The summed E-state index contributed by atoms with van der Waals surface area (Å²) in [4.78, 5) is 14.6. The number of hydrogen-bond donors (Lipinski definition) is 1. The van der Waals surface area contributed by atoms with E-state index in [1.807, 2.05) is 11.8 Å². The highest BCUT2D eigenvalue weighted by atomic mass is 32.2. The summed E-state index contributed by atoms with van der Waals surface area (Å²) < 4.78 is 0.327. The third-order valence-electron chi connectivity index (χ3n) is 4.83. The number of amides is 1. The molecule has 0 radical (unpaired) electrons. The number of rotatable bonds is 3. The van der Waals surface area contributed by atoms with E-state index in [-0.39, 0.29) is 0 Å². The molecule has 1 amide bonds. The average molecular weight is 298 g/mol. The Balaban J connectivity index is 1.81. The lowest BCUT2D eigenvalue weighted by molar-refractivity contribution is -0.132. The van der Waals surface area contributed by atoms with Gasteiger partial charge >= 0.3 is 0 Å². The smallest absolute Gasteiger partial charge is 0.222 e. The van der Waals surface area contributed by atoms with Gasteiger partial charge in [-0.3, -0.25) is 4.79 Å². The van der Waals surface area contributed by atoms with Gasteiger partial charge in [-0.15, -0.1) is 0 Å². The molecule has 2 saturated heterocycles. The Morgan fingerprint density at radius 1 is 1.45 bits per heavy atom. The van der Waals surface area contributed by atoms with Gasteiger partial charge in [0.2, 0.25) is 5.91 Å². The van der Waals surface area contributed by atoms with Gasteiger partial charge < -0.3 is 10.2 Å². The fourth-order valence-electron chi connectivity index (χ4n) is 3.21. The van der Waals surface area contributed by atoms with Gasteiger partial charge in [-0.05, 0) is 44.2 Å². The molecule has 0 aromatic carbocycles. The minimum Gasteiger partial charge on any atom is -0.342 e. The van der Waals surface area contributed by atoms with Crippen LogP contribution in [-0.2, 0) is 4.79 Å². The molecule has 3 nitrogen and oxygen atoms in total. The van der Waals surface area contributed by atoms with Crippen LogP contribution in [0.5, 0.6) is 0 Å². The Morgan fingerprint density at radius 3 is 2.95 bits per heavy atom. The van der Waals surface area contributed by atoms with E-state index >= 15 is 0 Å². The van der Waals surface area contributed by atoms with Gasteiger partial charge in [-0.2, -0.15) is 11.8 Å². The lowest BCUT2D eigenvalue weighted by Crippen LogP contribution is -2.38. The lowest BCUT2D eigenvalue weighted by Gasteiger charge is -2.30. The van der Waals surface area contributed by atoms with Crippen LogP contribution in [0.3, 0.4) is 0 Å². The second kappa shape index (κ2) is 7.17. The Kier molecular flexibility index (Phi) is 5.79. The predicted octanol–water partition coefficient (Wildman–Crippen LogP) is 2.76. The van der Waals surface area contributed by atoms with Crippen molar-refractivity contribution in [3.63, 3.8) is 0 Å². The van der Waals surface area contributed by atoms with E-state index in [0.717, 1.165) is 44.8 Å². The predicted molar refractivity (Wildman–Crippen MR) is 87.1 cm³/mol. The van der Waals surface area contributed by atoms with Gasteiger partial charge in [-0.25, -0.2) is 0 Å². The topological polar surface area (TPSA) is 32.3 Å². The summed E-state index contributed by atoms with van der Waals surface area (Å²) in [5.74, 6) is 2.66. The van der Waals surface area contributed by atoms with Crippen molar-refractivity contribution in [1.82, 2.24) is 10.2 Å². The molecular formula is C16H30N2OS. The van der Waals surface area contributed by atoms with Crippen LogP contribution in [0.1, 0.15) is 46.5 Å².